The topological polar surface area (TPSA) is 203 Å². The number of para-hydroxylation sites is 1. The number of nitrogens with two attached hydrogens (primary N) is 2. The molecule has 8 N–H and O–H groups in total. The van der Waals surface area contributed by atoms with E-state index in [4.69, 9.17) is 31.5 Å². The Kier molecular flexibility index (Phi) is 8.95. The second-order valence-electron chi connectivity index (χ2n) is 8.08. The maximum Gasteiger partial charge on any atom is 0.328 e. The smallest absolute Gasteiger partial charge is 0.328 e. The highest BCUT2D eigenvalue weighted by molar-refractivity contribution is 6.04. The van der Waals surface area contributed by atoms with Gasteiger partial charge in [-0.15, -0.1) is 0 Å². The van der Waals surface area contributed by atoms with Crippen LogP contribution in [0.5, 0.6) is 17.2 Å². The monoisotopic (exact) mass is 508 g/mol. The Morgan fingerprint density at radius 2 is 1.81 bits per heavy atom. The van der Waals surface area contributed by atoms with Crippen LogP contribution in [0.1, 0.15) is 29.0 Å². The first-order valence-corrected chi connectivity index (χ1v) is 11.4. The number of nitrogens with one attached hydrogen (secondary N) is 3. The number of carboxylic acid groups (broad SMARTS) is 1. The molecule has 0 spiro atoms. The summed E-state index contributed by atoms with van der Waals surface area (Å²) in [6.07, 6.45) is 0.667. The molecule has 3 rings (SSSR count). The van der Waals surface area contributed by atoms with Crippen LogP contribution in [0.4, 0.5) is 0 Å². The molecular weight excluding hydrogens is 480 g/mol. The van der Waals surface area contributed by atoms with Crippen molar-refractivity contribution in [3.05, 3.63) is 59.9 Å². The minimum absolute atomic E-state index is 0.142. The summed E-state index contributed by atoms with van der Waals surface area (Å²) < 4.78 is 11.5. The second kappa shape index (κ2) is 12.3. The molecule has 2 aromatic carbocycles. The van der Waals surface area contributed by atoms with Gasteiger partial charge >= 0.3 is 11.9 Å². The predicted octanol–water partition coefficient (Wildman–Crippen LogP) is 1.65. The van der Waals surface area contributed by atoms with Crippen LogP contribution in [0.25, 0.3) is 10.8 Å². The quantitative estimate of drug-likeness (QED) is 0.0956. The lowest BCUT2D eigenvalue weighted by atomic mass is 10.1. The Labute approximate surface area is 212 Å². The number of amides is 1. The highest BCUT2D eigenvalue weighted by Crippen LogP contribution is 2.34. The van der Waals surface area contributed by atoms with E-state index in [0.29, 0.717) is 40.9 Å². The lowest BCUT2D eigenvalue weighted by Gasteiger charge is -2.17. The van der Waals surface area contributed by atoms with Gasteiger partial charge in [0, 0.05) is 23.0 Å². The first-order chi connectivity index (χ1) is 17.7. The molecule has 194 valence electrons. The van der Waals surface area contributed by atoms with Crippen LogP contribution >= 0.6 is 0 Å². The van der Waals surface area contributed by atoms with Gasteiger partial charge in [0.2, 0.25) is 0 Å². The average Bonchev–Trinajstić information content (AvgIpc) is 2.87. The van der Waals surface area contributed by atoms with E-state index in [0.717, 1.165) is 0 Å². The summed E-state index contributed by atoms with van der Waals surface area (Å²) in [4.78, 5) is 40.8. The van der Waals surface area contributed by atoms with Gasteiger partial charge in [-0.3, -0.25) is 15.0 Å². The zero-order valence-corrected chi connectivity index (χ0v) is 20.1. The number of benzene rings is 2. The number of pyridine rings is 1. The second-order valence-corrected chi connectivity index (χ2v) is 8.08. The lowest BCUT2D eigenvalue weighted by molar-refractivity contribution is -0.136. The van der Waals surface area contributed by atoms with Crippen LogP contribution in [-0.4, -0.2) is 53.0 Å². The van der Waals surface area contributed by atoms with Crippen LogP contribution in [0, 0.1) is 12.3 Å². The maximum atomic E-state index is 12.8. The summed E-state index contributed by atoms with van der Waals surface area (Å²) in [7, 11) is 0. The highest BCUT2D eigenvalue weighted by Gasteiger charge is 2.25. The van der Waals surface area contributed by atoms with Gasteiger partial charge in [0.15, 0.2) is 17.4 Å². The summed E-state index contributed by atoms with van der Waals surface area (Å²) >= 11 is 0. The van der Waals surface area contributed by atoms with E-state index < -0.39 is 30.4 Å². The number of hydrogen-bond donors (Lipinski definition) is 6. The number of guanidine groups is 1. The van der Waals surface area contributed by atoms with Crippen molar-refractivity contribution in [1.82, 2.24) is 15.6 Å². The predicted molar refractivity (Wildman–Crippen MR) is 136 cm³/mol. The number of ether oxygens (including phenoxy) is 2. The zero-order chi connectivity index (χ0) is 26.9. The zero-order valence-electron chi connectivity index (χ0n) is 20.1. The number of aromatic nitrogens is 1. The van der Waals surface area contributed by atoms with Gasteiger partial charge in [-0.25, -0.2) is 9.78 Å². The molecule has 0 aliphatic heterocycles. The van der Waals surface area contributed by atoms with Crippen LogP contribution in [0.2, 0.25) is 0 Å². The number of esters is 1. The fourth-order valence-corrected chi connectivity index (χ4v) is 3.45. The Bertz CT molecular complexity index is 1310. The molecule has 0 saturated heterocycles. The molecule has 0 aliphatic rings. The number of aliphatic carboxylic acids is 1. The van der Waals surface area contributed by atoms with Crippen molar-refractivity contribution >= 4 is 34.6 Å². The maximum absolute atomic E-state index is 12.8. The first-order valence-electron chi connectivity index (χ1n) is 11.4. The molecule has 0 unspecified atom stereocenters. The standard InChI is InChI=1S/C25H28N6O6/c1-14-18-12-16(36-15-6-3-2-4-7-15)9-10-17(18)22(21(31-14)23(34)30-13-20(32)33)37-24(35)19(26)8-5-11-29-25(27)28/h2-4,6-7,9-10,12,19H,5,8,11,13,26H2,1H3,(H,30,34)(H,32,33)(H4,27,28,29)/t19-/m0/s1. The lowest BCUT2D eigenvalue weighted by Crippen LogP contribution is -2.37. The Morgan fingerprint density at radius 3 is 2.49 bits per heavy atom. The van der Waals surface area contributed by atoms with Crippen LogP contribution in [-0.2, 0) is 9.59 Å². The third-order valence-electron chi connectivity index (χ3n) is 5.23. The third kappa shape index (κ3) is 7.39. The molecule has 0 aliphatic carbocycles. The van der Waals surface area contributed by atoms with Gasteiger partial charge in [-0.2, -0.15) is 0 Å². The number of carbonyl (C=O) groups excluding carboxylic acids is 2. The van der Waals surface area contributed by atoms with Crippen LogP contribution < -0.4 is 31.6 Å². The summed E-state index contributed by atoms with van der Waals surface area (Å²) in [5.74, 6) is -2.08. The van der Waals surface area contributed by atoms with Crippen molar-refractivity contribution in [3.63, 3.8) is 0 Å². The molecule has 1 aromatic heterocycles. The number of hydrogen-bond acceptors (Lipinski definition) is 8. The van der Waals surface area contributed by atoms with Gasteiger partial charge in [-0.05, 0) is 50.1 Å². The fraction of sp³-hybridized carbons (Fsp3) is 0.240. The van der Waals surface area contributed by atoms with E-state index >= 15 is 0 Å². The normalized spacial score (nSPS) is 11.4. The summed E-state index contributed by atoms with van der Waals surface area (Å²) in [5, 5.41) is 21.9. The number of nitrogens with zero attached hydrogens (tertiary/aromatic N) is 1. The van der Waals surface area contributed by atoms with Crippen molar-refractivity contribution in [2.75, 3.05) is 13.1 Å². The number of carbonyl (C=O) groups is 3. The number of rotatable bonds is 11. The molecule has 1 heterocycles. The minimum Gasteiger partial charge on any atom is -0.480 e. The molecule has 37 heavy (non-hydrogen) atoms. The van der Waals surface area contributed by atoms with E-state index in [1.54, 1.807) is 37.3 Å². The third-order valence-corrected chi connectivity index (χ3v) is 5.23. The Balaban J connectivity index is 1.94. The fourth-order valence-electron chi connectivity index (χ4n) is 3.45. The molecule has 0 saturated carbocycles. The molecule has 1 atom stereocenters. The minimum atomic E-state index is -1.24. The molecular formula is C25H28N6O6. The van der Waals surface area contributed by atoms with E-state index in [-0.39, 0.29) is 23.8 Å². The Hall–Kier alpha value is -4.71. The molecule has 0 fully saturated rings. The van der Waals surface area contributed by atoms with Crippen molar-refractivity contribution in [3.8, 4) is 17.2 Å². The van der Waals surface area contributed by atoms with Crippen LogP contribution in [0.15, 0.2) is 48.5 Å². The van der Waals surface area contributed by atoms with Crippen molar-refractivity contribution in [1.29, 1.82) is 5.41 Å². The van der Waals surface area contributed by atoms with Crippen molar-refractivity contribution in [2.45, 2.75) is 25.8 Å². The van der Waals surface area contributed by atoms with Crippen LogP contribution in [0.3, 0.4) is 0 Å². The van der Waals surface area contributed by atoms with E-state index in [1.807, 2.05) is 18.2 Å². The van der Waals surface area contributed by atoms with E-state index in [9.17, 15) is 14.4 Å². The van der Waals surface area contributed by atoms with E-state index in [2.05, 4.69) is 15.6 Å². The highest BCUT2D eigenvalue weighted by atomic mass is 16.5. The molecule has 0 bridgehead atoms. The number of carboxylic acids is 1. The summed E-state index contributed by atoms with van der Waals surface area (Å²) in [6, 6.07) is 13.1. The van der Waals surface area contributed by atoms with Gasteiger partial charge < -0.3 is 36.7 Å². The number of aryl methyl sites for hydroxylation is 1. The first kappa shape index (κ1) is 26.9. The number of fused-ring (bicyclic) bond motifs is 1. The molecule has 1 amide bonds. The molecule has 12 heteroatoms. The van der Waals surface area contributed by atoms with Gasteiger partial charge in [0.25, 0.3) is 5.91 Å². The summed E-state index contributed by atoms with van der Waals surface area (Å²) in [6.45, 7) is 1.37. The molecule has 12 nitrogen and oxygen atoms in total. The van der Waals surface area contributed by atoms with Crippen molar-refractivity contribution in [2.24, 2.45) is 11.5 Å². The van der Waals surface area contributed by atoms with Crippen molar-refractivity contribution < 1.29 is 29.0 Å². The average molecular weight is 509 g/mol. The molecule has 0 radical (unpaired) electrons. The van der Waals surface area contributed by atoms with E-state index in [1.165, 1.54) is 0 Å². The van der Waals surface area contributed by atoms with Gasteiger partial charge in [0.1, 0.15) is 24.1 Å². The summed E-state index contributed by atoms with van der Waals surface area (Å²) in [5.41, 5.74) is 11.4. The van der Waals surface area contributed by atoms with Gasteiger partial charge in [0.05, 0.1) is 0 Å². The van der Waals surface area contributed by atoms with Gasteiger partial charge in [-0.1, -0.05) is 18.2 Å². The largest absolute Gasteiger partial charge is 0.480 e. The molecule has 3 aromatic rings. The Morgan fingerprint density at radius 1 is 1.08 bits per heavy atom. The SMILES string of the molecule is Cc1nc(C(=O)NCC(=O)O)c(OC(=O)[C@@H](N)CCCNC(=N)N)c2ccc(Oc3ccccc3)cc12.